The van der Waals surface area contributed by atoms with Crippen LogP contribution in [0.3, 0.4) is 0 Å². The Labute approximate surface area is 127 Å². The van der Waals surface area contributed by atoms with Gasteiger partial charge in [0.1, 0.15) is 5.82 Å². The summed E-state index contributed by atoms with van der Waals surface area (Å²) < 4.78 is 14.4. The molecule has 2 nitrogen and oxygen atoms in total. The summed E-state index contributed by atoms with van der Waals surface area (Å²) in [6, 6.07) is 4.58. The van der Waals surface area contributed by atoms with E-state index in [-0.39, 0.29) is 17.5 Å². The van der Waals surface area contributed by atoms with E-state index in [2.05, 4.69) is 28.2 Å². The van der Waals surface area contributed by atoms with E-state index in [0.717, 1.165) is 16.3 Å². The van der Waals surface area contributed by atoms with Crippen LogP contribution in [0.5, 0.6) is 0 Å². The predicted molar refractivity (Wildman–Crippen MR) is 80.0 cm³/mol. The molecule has 1 aromatic carbocycles. The zero-order chi connectivity index (χ0) is 14.3. The topological polar surface area (TPSA) is 29.1 Å². The van der Waals surface area contributed by atoms with Crippen LogP contribution in [0.2, 0.25) is 0 Å². The fraction of sp³-hybridized carbons (Fsp3) is 0.562. The predicted octanol–water partition coefficient (Wildman–Crippen LogP) is 4.14. The summed E-state index contributed by atoms with van der Waals surface area (Å²) in [6.07, 6.45) is 5.17. The molecule has 2 bridgehead atoms. The van der Waals surface area contributed by atoms with Gasteiger partial charge in [-0.2, -0.15) is 0 Å². The molecule has 0 radical (unpaired) electrons. The SMILES string of the molecule is CC(NC(=O)c1cc(Br)ccc1F)C1CC2CCC1C2. The van der Waals surface area contributed by atoms with Gasteiger partial charge in [-0.15, -0.1) is 0 Å². The molecule has 1 aromatic rings. The van der Waals surface area contributed by atoms with Crippen LogP contribution < -0.4 is 5.32 Å². The molecule has 3 rings (SSSR count). The van der Waals surface area contributed by atoms with Crippen molar-refractivity contribution in [2.75, 3.05) is 0 Å². The number of benzene rings is 1. The highest BCUT2D eigenvalue weighted by Gasteiger charge is 2.42. The Morgan fingerprint density at radius 1 is 1.40 bits per heavy atom. The van der Waals surface area contributed by atoms with Gasteiger partial charge >= 0.3 is 0 Å². The van der Waals surface area contributed by atoms with Crippen molar-refractivity contribution in [3.63, 3.8) is 0 Å². The quantitative estimate of drug-likeness (QED) is 0.880. The minimum Gasteiger partial charge on any atom is -0.349 e. The fourth-order valence-electron chi connectivity index (χ4n) is 3.97. The van der Waals surface area contributed by atoms with Crippen LogP contribution in [0.1, 0.15) is 43.0 Å². The Morgan fingerprint density at radius 3 is 2.85 bits per heavy atom. The van der Waals surface area contributed by atoms with Gasteiger partial charge in [0.2, 0.25) is 0 Å². The first-order chi connectivity index (χ1) is 9.54. The molecule has 2 fully saturated rings. The first kappa shape index (κ1) is 14.1. The lowest BCUT2D eigenvalue weighted by Gasteiger charge is -2.28. The van der Waals surface area contributed by atoms with Crippen LogP contribution in [0.25, 0.3) is 0 Å². The first-order valence-electron chi connectivity index (χ1n) is 7.30. The van der Waals surface area contributed by atoms with Crippen molar-refractivity contribution < 1.29 is 9.18 Å². The number of hydrogen-bond acceptors (Lipinski definition) is 1. The lowest BCUT2D eigenvalue weighted by molar-refractivity contribution is 0.0911. The molecule has 0 aromatic heterocycles. The maximum atomic E-state index is 13.7. The third kappa shape index (κ3) is 2.62. The fourth-order valence-corrected chi connectivity index (χ4v) is 4.33. The molecule has 0 spiro atoms. The zero-order valence-corrected chi connectivity index (χ0v) is 13.1. The van der Waals surface area contributed by atoms with E-state index >= 15 is 0 Å². The second kappa shape index (κ2) is 5.47. The van der Waals surface area contributed by atoms with E-state index in [1.807, 2.05) is 0 Å². The lowest BCUT2D eigenvalue weighted by Crippen LogP contribution is -2.40. The summed E-state index contributed by atoms with van der Waals surface area (Å²) in [5, 5.41) is 2.99. The standard InChI is InChI=1S/C16H19BrFNO/c1-9(13-7-10-2-3-11(13)6-10)19-16(20)14-8-12(17)4-5-15(14)18/h4-5,8-11,13H,2-3,6-7H2,1H3,(H,19,20). The van der Waals surface area contributed by atoms with Gasteiger partial charge in [-0.05, 0) is 62.1 Å². The number of rotatable bonds is 3. The second-order valence-corrected chi connectivity index (χ2v) is 7.14. The Morgan fingerprint density at radius 2 is 2.20 bits per heavy atom. The molecule has 20 heavy (non-hydrogen) atoms. The van der Waals surface area contributed by atoms with Crippen LogP contribution in [-0.2, 0) is 0 Å². The highest BCUT2D eigenvalue weighted by molar-refractivity contribution is 9.10. The average Bonchev–Trinajstić information content (AvgIpc) is 3.03. The molecule has 2 saturated carbocycles. The van der Waals surface area contributed by atoms with E-state index in [4.69, 9.17) is 0 Å². The van der Waals surface area contributed by atoms with Crippen molar-refractivity contribution in [2.24, 2.45) is 17.8 Å². The second-order valence-electron chi connectivity index (χ2n) is 6.23. The summed E-state index contributed by atoms with van der Waals surface area (Å²) in [4.78, 5) is 12.2. The van der Waals surface area contributed by atoms with Crippen molar-refractivity contribution >= 4 is 21.8 Å². The third-order valence-corrected chi connectivity index (χ3v) is 5.46. The number of carbonyl (C=O) groups is 1. The van der Waals surface area contributed by atoms with E-state index in [0.29, 0.717) is 5.92 Å². The van der Waals surface area contributed by atoms with Crippen LogP contribution in [-0.4, -0.2) is 11.9 Å². The summed E-state index contributed by atoms with van der Waals surface area (Å²) >= 11 is 3.28. The van der Waals surface area contributed by atoms with Gasteiger partial charge in [-0.25, -0.2) is 4.39 Å². The number of hydrogen-bond donors (Lipinski definition) is 1. The molecule has 2 aliphatic rings. The summed E-state index contributed by atoms with van der Waals surface area (Å²) in [5.41, 5.74) is 0.120. The molecular formula is C16H19BrFNO. The van der Waals surface area contributed by atoms with Crippen molar-refractivity contribution in [3.8, 4) is 0 Å². The van der Waals surface area contributed by atoms with Gasteiger partial charge < -0.3 is 5.32 Å². The molecule has 1 amide bonds. The van der Waals surface area contributed by atoms with Gasteiger partial charge in [0.05, 0.1) is 5.56 Å². The largest absolute Gasteiger partial charge is 0.349 e. The van der Waals surface area contributed by atoms with Crippen LogP contribution in [0.4, 0.5) is 4.39 Å². The number of nitrogens with one attached hydrogen (secondary N) is 1. The molecule has 0 saturated heterocycles. The minimum absolute atomic E-state index is 0.120. The zero-order valence-electron chi connectivity index (χ0n) is 11.5. The normalized spacial score (nSPS) is 29.4. The number of carbonyl (C=O) groups excluding carboxylic acids is 1. The Balaban J connectivity index is 1.68. The number of halogens is 2. The van der Waals surface area contributed by atoms with E-state index in [1.54, 1.807) is 6.07 Å². The van der Waals surface area contributed by atoms with Crippen molar-refractivity contribution in [3.05, 3.63) is 34.1 Å². The van der Waals surface area contributed by atoms with Crippen molar-refractivity contribution in [2.45, 2.75) is 38.6 Å². The summed E-state index contributed by atoms with van der Waals surface area (Å²) in [7, 11) is 0. The van der Waals surface area contributed by atoms with E-state index < -0.39 is 5.82 Å². The Kier molecular flexibility index (Phi) is 3.85. The van der Waals surface area contributed by atoms with Crippen molar-refractivity contribution in [1.82, 2.24) is 5.32 Å². The number of amides is 1. The van der Waals surface area contributed by atoms with Gasteiger partial charge in [0.15, 0.2) is 0 Å². The summed E-state index contributed by atoms with van der Waals surface area (Å²) in [5.74, 6) is 1.40. The van der Waals surface area contributed by atoms with Gasteiger partial charge in [0, 0.05) is 10.5 Å². The highest BCUT2D eigenvalue weighted by Crippen LogP contribution is 2.49. The highest BCUT2D eigenvalue weighted by atomic mass is 79.9. The smallest absolute Gasteiger partial charge is 0.254 e. The van der Waals surface area contributed by atoms with Crippen LogP contribution in [0, 0.1) is 23.6 Å². The molecule has 1 N–H and O–H groups in total. The number of fused-ring (bicyclic) bond motifs is 2. The van der Waals surface area contributed by atoms with E-state index in [1.165, 1.54) is 37.8 Å². The van der Waals surface area contributed by atoms with Gasteiger partial charge in [-0.1, -0.05) is 22.4 Å². The molecular weight excluding hydrogens is 321 g/mol. The van der Waals surface area contributed by atoms with Crippen LogP contribution in [0.15, 0.2) is 22.7 Å². The maximum absolute atomic E-state index is 13.7. The maximum Gasteiger partial charge on any atom is 0.254 e. The van der Waals surface area contributed by atoms with Crippen LogP contribution >= 0.6 is 15.9 Å². The Hall–Kier alpha value is -0.900. The third-order valence-electron chi connectivity index (χ3n) is 4.97. The van der Waals surface area contributed by atoms with E-state index in [9.17, 15) is 9.18 Å². The molecule has 0 heterocycles. The molecule has 4 atom stereocenters. The Bertz CT molecular complexity index is 533. The lowest BCUT2D eigenvalue weighted by atomic mass is 9.84. The molecule has 4 heteroatoms. The molecule has 108 valence electrons. The van der Waals surface area contributed by atoms with Gasteiger partial charge in [0.25, 0.3) is 5.91 Å². The van der Waals surface area contributed by atoms with Gasteiger partial charge in [-0.3, -0.25) is 4.79 Å². The molecule has 2 aliphatic carbocycles. The molecule has 0 aliphatic heterocycles. The summed E-state index contributed by atoms with van der Waals surface area (Å²) in [6.45, 7) is 2.05. The van der Waals surface area contributed by atoms with Crippen molar-refractivity contribution in [1.29, 1.82) is 0 Å². The minimum atomic E-state index is -0.467. The average molecular weight is 340 g/mol. The molecule has 4 unspecified atom stereocenters. The first-order valence-corrected chi connectivity index (χ1v) is 8.10. The monoisotopic (exact) mass is 339 g/mol.